The van der Waals surface area contributed by atoms with Crippen LogP contribution in [-0.4, -0.2) is 28.7 Å². The van der Waals surface area contributed by atoms with Gasteiger partial charge in [-0.1, -0.05) is 62.4 Å². The first-order chi connectivity index (χ1) is 17.6. The summed E-state index contributed by atoms with van der Waals surface area (Å²) in [5.41, 5.74) is 3.16. The van der Waals surface area contributed by atoms with E-state index in [-0.39, 0.29) is 0 Å². The van der Waals surface area contributed by atoms with Gasteiger partial charge in [-0.05, 0) is 52.4 Å². The molecule has 1 heterocycles. The lowest BCUT2D eigenvalue weighted by Gasteiger charge is -2.54. The molecule has 0 spiro atoms. The molecule has 0 radical (unpaired) electrons. The quantitative estimate of drug-likeness (QED) is 0.359. The number of halogens is 3. The zero-order valence-corrected chi connectivity index (χ0v) is 21.6. The number of alkyl halides is 2. The monoisotopic (exact) mass is 536 g/mol. The number of hydrogen-bond donors (Lipinski definition) is 1. The van der Waals surface area contributed by atoms with Crippen LogP contribution in [0.1, 0.15) is 36.1 Å². The van der Waals surface area contributed by atoms with Gasteiger partial charge in [-0.3, -0.25) is 19.3 Å². The Morgan fingerprint density at radius 3 is 1.59 bits per heavy atom. The molecule has 3 amide bonds. The van der Waals surface area contributed by atoms with Crippen molar-refractivity contribution in [1.82, 2.24) is 4.90 Å². The summed E-state index contributed by atoms with van der Waals surface area (Å²) in [5.74, 6) is -4.40. The maximum atomic E-state index is 14.2. The molecule has 3 aliphatic carbocycles. The summed E-state index contributed by atoms with van der Waals surface area (Å²) in [5, 5.41) is 2.72. The van der Waals surface area contributed by atoms with Crippen molar-refractivity contribution < 1.29 is 18.8 Å². The molecule has 1 N–H and O–H groups in total. The Kier molecular flexibility index (Phi) is 5.31. The lowest BCUT2D eigenvalue weighted by molar-refractivity contribution is -0.148. The fourth-order valence-electron chi connectivity index (χ4n) is 6.43. The van der Waals surface area contributed by atoms with Gasteiger partial charge in [0.25, 0.3) is 0 Å². The van der Waals surface area contributed by atoms with Crippen molar-refractivity contribution in [3.05, 3.63) is 101 Å². The Labute approximate surface area is 223 Å². The van der Waals surface area contributed by atoms with Crippen molar-refractivity contribution in [2.45, 2.75) is 29.6 Å². The molecule has 4 aliphatic rings. The maximum absolute atomic E-state index is 14.2. The zero-order chi connectivity index (χ0) is 26.3. The van der Waals surface area contributed by atoms with E-state index in [9.17, 15) is 18.8 Å². The Bertz CT molecular complexity index is 1350. The number of benzene rings is 3. The molecule has 0 unspecified atom stereocenters. The van der Waals surface area contributed by atoms with Crippen molar-refractivity contribution in [3.8, 4) is 0 Å². The second-order valence-corrected chi connectivity index (χ2v) is 11.4. The smallest absolute Gasteiger partial charge is 0.247 e. The number of amides is 3. The Hall–Kier alpha value is -3.22. The van der Waals surface area contributed by atoms with Gasteiger partial charge >= 0.3 is 0 Å². The number of nitrogens with one attached hydrogen (secondary N) is 1. The summed E-state index contributed by atoms with van der Waals surface area (Å²) in [6.07, 6.45) is 0. The average Bonchev–Trinajstić information content (AvgIpc) is 3.15. The summed E-state index contributed by atoms with van der Waals surface area (Å²) >= 11 is 14.9. The predicted molar refractivity (Wildman–Crippen MR) is 139 cm³/mol. The molecule has 8 heteroatoms. The van der Waals surface area contributed by atoms with Crippen LogP contribution in [-0.2, 0) is 24.1 Å². The second-order valence-electron chi connectivity index (χ2n) is 10.2. The van der Waals surface area contributed by atoms with Gasteiger partial charge in [0, 0.05) is 5.69 Å². The van der Waals surface area contributed by atoms with E-state index in [2.05, 4.69) is 5.32 Å². The minimum atomic E-state index is -1.31. The fourth-order valence-corrected chi connectivity index (χ4v) is 7.53. The number of carbonyl (C=O) groups is 3. The van der Waals surface area contributed by atoms with Crippen molar-refractivity contribution in [3.63, 3.8) is 0 Å². The SMILES string of the molecule is CC(C)[C@@H](C(=O)Nc1ccc(F)cc1)N1C(=O)[C@@H]2[C@@H](C1=O)C1(Cl)c3ccccc3C2(Cl)c2ccccc21. The van der Waals surface area contributed by atoms with Crippen LogP contribution >= 0.6 is 23.2 Å². The topological polar surface area (TPSA) is 66.5 Å². The lowest BCUT2D eigenvalue weighted by atomic mass is 9.54. The molecule has 1 saturated heterocycles. The number of anilines is 1. The molecule has 37 heavy (non-hydrogen) atoms. The Morgan fingerprint density at radius 2 is 1.22 bits per heavy atom. The Morgan fingerprint density at radius 1 is 0.811 bits per heavy atom. The summed E-state index contributed by atoms with van der Waals surface area (Å²) in [4.78, 5) is 40.3. The maximum Gasteiger partial charge on any atom is 0.247 e. The number of hydrogen-bond acceptors (Lipinski definition) is 3. The number of imide groups is 1. The summed E-state index contributed by atoms with van der Waals surface area (Å²) < 4.78 is 13.4. The molecule has 3 atom stereocenters. The van der Waals surface area contributed by atoms with E-state index >= 15 is 0 Å². The first-order valence-electron chi connectivity index (χ1n) is 12.1. The highest BCUT2D eigenvalue weighted by molar-refractivity contribution is 6.36. The summed E-state index contributed by atoms with van der Waals surface area (Å²) in [7, 11) is 0. The van der Waals surface area contributed by atoms with Crippen LogP contribution in [0.3, 0.4) is 0 Å². The van der Waals surface area contributed by atoms with E-state index in [0.29, 0.717) is 27.9 Å². The number of rotatable bonds is 4. The highest BCUT2D eigenvalue weighted by Crippen LogP contribution is 2.69. The van der Waals surface area contributed by atoms with Gasteiger partial charge in [-0.2, -0.15) is 0 Å². The minimum absolute atomic E-state index is 0.357. The van der Waals surface area contributed by atoms with Gasteiger partial charge in [0.2, 0.25) is 17.7 Å². The van der Waals surface area contributed by atoms with Crippen LogP contribution < -0.4 is 5.32 Å². The van der Waals surface area contributed by atoms with Crippen molar-refractivity contribution >= 4 is 46.6 Å². The zero-order valence-electron chi connectivity index (χ0n) is 20.0. The van der Waals surface area contributed by atoms with Crippen LogP contribution in [0.25, 0.3) is 0 Å². The predicted octanol–water partition coefficient (Wildman–Crippen LogP) is 5.38. The average molecular weight is 537 g/mol. The third kappa shape index (κ3) is 3.06. The van der Waals surface area contributed by atoms with Crippen LogP contribution in [0.5, 0.6) is 0 Å². The van der Waals surface area contributed by atoms with Crippen molar-refractivity contribution in [1.29, 1.82) is 0 Å². The van der Waals surface area contributed by atoms with Crippen molar-refractivity contribution in [2.24, 2.45) is 17.8 Å². The molecule has 0 saturated carbocycles. The first-order valence-corrected chi connectivity index (χ1v) is 12.9. The van der Waals surface area contributed by atoms with E-state index in [1.54, 1.807) is 13.8 Å². The van der Waals surface area contributed by atoms with E-state index < -0.39 is 57.1 Å². The highest BCUT2D eigenvalue weighted by Gasteiger charge is 2.73. The minimum Gasteiger partial charge on any atom is -0.324 e. The molecule has 1 aliphatic heterocycles. The molecule has 188 valence electrons. The number of likely N-dealkylation sites (tertiary alicyclic amines) is 1. The molecule has 0 aromatic heterocycles. The van der Waals surface area contributed by atoms with Gasteiger partial charge in [0.05, 0.1) is 11.8 Å². The lowest BCUT2D eigenvalue weighted by Crippen LogP contribution is -2.57. The van der Waals surface area contributed by atoms with Crippen LogP contribution in [0, 0.1) is 23.6 Å². The molecule has 3 aromatic carbocycles. The molecule has 5 nitrogen and oxygen atoms in total. The largest absolute Gasteiger partial charge is 0.324 e. The van der Waals surface area contributed by atoms with E-state index in [0.717, 1.165) is 4.90 Å². The molecule has 1 fully saturated rings. The van der Waals surface area contributed by atoms with E-state index in [4.69, 9.17) is 23.2 Å². The molecular formula is C29H23Cl2FN2O3. The molecule has 7 rings (SSSR count). The van der Waals surface area contributed by atoms with E-state index in [1.807, 2.05) is 48.5 Å². The van der Waals surface area contributed by atoms with Crippen LogP contribution in [0.15, 0.2) is 72.8 Å². The fraction of sp³-hybridized carbons (Fsp3) is 0.276. The van der Waals surface area contributed by atoms with Gasteiger partial charge in [0.15, 0.2) is 0 Å². The van der Waals surface area contributed by atoms with E-state index in [1.165, 1.54) is 24.3 Å². The third-order valence-corrected chi connectivity index (χ3v) is 9.19. The van der Waals surface area contributed by atoms with Gasteiger partial charge in [-0.15, -0.1) is 23.2 Å². The number of carbonyl (C=O) groups excluding carboxylic acids is 3. The van der Waals surface area contributed by atoms with Gasteiger partial charge in [-0.25, -0.2) is 4.39 Å². The normalized spacial score (nSPS) is 28.1. The van der Waals surface area contributed by atoms with Crippen LogP contribution in [0.4, 0.5) is 10.1 Å². The van der Waals surface area contributed by atoms with Crippen molar-refractivity contribution in [2.75, 3.05) is 5.32 Å². The van der Waals surface area contributed by atoms with Gasteiger partial charge < -0.3 is 5.32 Å². The summed E-state index contributed by atoms with van der Waals surface area (Å²) in [6.45, 7) is 3.53. The highest BCUT2D eigenvalue weighted by atomic mass is 35.5. The molecular weight excluding hydrogens is 514 g/mol. The van der Waals surface area contributed by atoms with Gasteiger partial charge in [0.1, 0.15) is 21.6 Å². The summed E-state index contributed by atoms with van der Waals surface area (Å²) in [6, 6.07) is 19.0. The molecule has 2 bridgehead atoms. The third-order valence-electron chi connectivity index (χ3n) is 7.91. The van der Waals surface area contributed by atoms with Crippen LogP contribution in [0.2, 0.25) is 0 Å². The molecule has 3 aromatic rings. The Balaban J connectivity index is 1.48. The first kappa shape index (κ1) is 24.1. The number of nitrogens with zero attached hydrogens (tertiary/aromatic N) is 1. The second kappa shape index (κ2) is 8.14. The standard InChI is InChI=1S/C29H23Cl2FN2O3/c1-15(2)24(25(35)33-17-13-11-16(32)12-14-17)34-26(36)22-23(27(34)37)29(31)19-8-4-3-7-18(19)28(22,30)20-9-5-6-10-21(20)29/h3-15,22-24H,1-2H3,(H,33,35)/t22-,23-,24-,28?,29?/m0/s1.